The lowest BCUT2D eigenvalue weighted by atomic mass is 10.0. The minimum Gasteiger partial charge on any atom is -0.316 e. The summed E-state index contributed by atoms with van der Waals surface area (Å²) in [6.45, 7) is 0.913. The lowest BCUT2D eigenvalue weighted by molar-refractivity contribution is 0.807. The van der Waals surface area contributed by atoms with E-state index in [-0.39, 0.29) is 0 Å². The highest BCUT2D eigenvalue weighted by Gasteiger charge is 2.01. The first-order valence-electron chi connectivity index (χ1n) is 5.50. The molecule has 0 bridgehead atoms. The molecular weight excluding hydrogens is 196 g/mol. The quantitative estimate of drug-likeness (QED) is 0.841. The summed E-state index contributed by atoms with van der Waals surface area (Å²) >= 11 is 0. The molecule has 0 aliphatic heterocycles. The first kappa shape index (κ1) is 10.8. The summed E-state index contributed by atoms with van der Waals surface area (Å²) in [4.78, 5) is 4.14. The summed E-state index contributed by atoms with van der Waals surface area (Å²) in [5, 5.41) is 3.19. The Hall–Kier alpha value is -1.67. The summed E-state index contributed by atoms with van der Waals surface area (Å²) in [6, 6.07) is 12.6. The van der Waals surface area contributed by atoms with Crippen LogP contribution < -0.4 is 5.32 Å². The fourth-order valence-corrected chi connectivity index (χ4v) is 1.82. The first-order valence-corrected chi connectivity index (χ1v) is 5.50. The van der Waals surface area contributed by atoms with E-state index in [9.17, 15) is 0 Å². The number of aromatic nitrogens is 1. The second kappa shape index (κ2) is 5.42. The molecule has 82 valence electrons. The number of rotatable bonds is 4. The fourth-order valence-electron chi connectivity index (χ4n) is 1.82. The van der Waals surface area contributed by atoms with E-state index in [1.165, 1.54) is 16.7 Å². The predicted octanol–water partition coefficient (Wildman–Crippen LogP) is 2.39. The van der Waals surface area contributed by atoms with Gasteiger partial charge in [-0.05, 0) is 36.2 Å². The van der Waals surface area contributed by atoms with Gasteiger partial charge in [0.05, 0.1) is 0 Å². The van der Waals surface area contributed by atoms with Crippen LogP contribution in [0.15, 0.2) is 48.8 Å². The van der Waals surface area contributed by atoms with Gasteiger partial charge >= 0.3 is 0 Å². The van der Waals surface area contributed by atoms with E-state index < -0.39 is 0 Å². The minimum atomic E-state index is 0.913. The lowest BCUT2D eigenvalue weighted by Gasteiger charge is -2.08. The van der Waals surface area contributed by atoms with Crippen molar-refractivity contribution in [1.82, 2.24) is 10.3 Å². The average Bonchev–Trinajstić information content (AvgIpc) is 2.33. The highest BCUT2D eigenvalue weighted by Crippen LogP contribution is 2.13. The van der Waals surface area contributed by atoms with E-state index in [1.807, 2.05) is 25.5 Å². The number of pyridine rings is 1. The topological polar surface area (TPSA) is 24.9 Å². The number of benzene rings is 1. The summed E-state index contributed by atoms with van der Waals surface area (Å²) in [6.07, 6.45) is 4.69. The molecule has 0 unspecified atom stereocenters. The van der Waals surface area contributed by atoms with Crippen molar-refractivity contribution in [2.24, 2.45) is 0 Å². The molecule has 0 amide bonds. The molecule has 0 aliphatic carbocycles. The van der Waals surface area contributed by atoms with Gasteiger partial charge in [0.2, 0.25) is 0 Å². The second-order valence-electron chi connectivity index (χ2n) is 3.84. The smallest absolute Gasteiger partial charge is 0.0303 e. The van der Waals surface area contributed by atoms with Gasteiger partial charge in [-0.2, -0.15) is 0 Å². The highest BCUT2D eigenvalue weighted by atomic mass is 14.8. The third-order valence-corrected chi connectivity index (χ3v) is 2.60. The molecule has 2 heteroatoms. The van der Waals surface area contributed by atoms with Crippen molar-refractivity contribution in [2.45, 2.75) is 13.0 Å². The molecule has 0 atom stereocenters. The predicted molar refractivity (Wildman–Crippen MR) is 66.2 cm³/mol. The van der Waals surface area contributed by atoms with Crippen LogP contribution in [0.3, 0.4) is 0 Å². The van der Waals surface area contributed by atoms with Crippen molar-refractivity contribution in [2.75, 3.05) is 7.05 Å². The van der Waals surface area contributed by atoms with Crippen LogP contribution in [-0.4, -0.2) is 12.0 Å². The Labute approximate surface area is 96.4 Å². The Morgan fingerprint density at radius 3 is 2.56 bits per heavy atom. The largest absolute Gasteiger partial charge is 0.316 e. The van der Waals surface area contributed by atoms with E-state index in [4.69, 9.17) is 0 Å². The molecule has 1 N–H and O–H groups in total. The number of hydrogen-bond acceptors (Lipinski definition) is 2. The molecule has 0 spiro atoms. The molecule has 1 heterocycles. The number of hydrogen-bond donors (Lipinski definition) is 1. The summed E-state index contributed by atoms with van der Waals surface area (Å²) in [5.74, 6) is 0. The van der Waals surface area contributed by atoms with Crippen LogP contribution in [0, 0.1) is 0 Å². The van der Waals surface area contributed by atoms with Gasteiger partial charge in [0.1, 0.15) is 0 Å². The molecular formula is C14H16N2. The second-order valence-corrected chi connectivity index (χ2v) is 3.84. The molecule has 2 rings (SSSR count). The molecule has 1 aromatic carbocycles. The molecule has 0 fully saturated rings. The van der Waals surface area contributed by atoms with Crippen molar-refractivity contribution in [1.29, 1.82) is 0 Å². The van der Waals surface area contributed by atoms with Crippen LogP contribution in [-0.2, 0) is 13.0 Å². The van der Waals surface area contributed by atoms with Crippen molar-refractivity contribution >= 4 is 0 Å². The van der Waals surface area contributed by atoms with E-state index in [1.54, 1.807) is 0 Å². The van der Waals surface area contributed by atoms with Gasteiger partial charge in [0.15, 0.2) is 0 Å². The van der Waals surface area contributed by atoms with Crippen LogP contribution >= 0.6 is 0 Å². The van der Waals surface area contributed by atoms with Crippen molar-refractivity contribution in [3.8, 4) is 0 Å². The summed E-state index contributed by atoms with van der Waals surface area (Å²) in [5.41, 5.74) is 3.98. The Kier molecular flexibility index (Phi) is 3.67. The van der Waals surface area contributed by atoms with Gasteiger partial charge in [-0.3, -0.25) is 4.98 Å². The molecule has 0 aliphatic rings. The molecule has 0 radical (unpaired) electrons. The Morgan fingerprint density at radius 1 is 1.06 bits per heavy atom. The van der Waals surface area contributed by atoms with Crippen molar-refractivity contribution in [3.05, 3.63) is 65.5 Å². The van der Waals surface area contributed by atoms with E-state index in [0.717, 1.165) is 13.0 Å². The average molecular weight is 212 g/mol. The molecule has 0 saturated carbocycles. The maximum absolute atomic E-state index is 4.14. The standard InChI is InChI=1S/C14H16N2/c1-15-11-14-7-3-2-6-13(14)9-12-5-4-8-16-10-12/h2-8,10,15H,9,11H2,1H3. The Balaban J connectivity index is 2.21. The normalized spacial score (nSPS) is 10.3. The monoisotopic (exact) mass is 212 g/mol. The molecule has 2 aromatic rings. The fraction of sp³-hybridized carbons (Fsp3) is 0.214. The molecule has 16 heavy (non-hydrogen) atoms. The van der Waals surface area contributed by atoms with Gasteiger partial charge in [0.25, 0.3) is 0 Å². The van der Waals surface area contributed by atoms with Gasteiger partial charge in [-0.25, -0.2) is 0 Å². The third-order valence-electron chi connectivity index (χ3n) is 2.60. The van der Waals surface area contributed by atoms with Crippen molar-refractivity contribution < 1.29 is 0 Å². The Morgan fingerprint density at radius 2 is 1.88 bits per heavy atom. The van der Waals surface area contributed by atoms with E-state index >= 15 is 0 Å². The zero-order valence-electron chi connectivity index (χ0n) is 9.48. The number of nitrogens with zero attached hydrogens (tertiary/aromatic N) is 1. The number of nitrogens with one attached hydrogen (secondary N) is 1. The summed E-state index contributed by atoms with van der Waals surface area (Å²) < 4.78 is 0. The van der Waals surface area contributed by atoms with Gasteiger partial charge in [-0.15, -0.1) is 0 Å². The minimum absolute atomic E-state index is 0.913. The van der Waals surface area contributed by atoms with Crippen LogP contribution in [0.5, 0.6) is 0 Å². The van der Waals surface area contributed by atoms with Gasteiger partial charge in [0, 0.05) is 18.9 Å². The van der Waals surface area contributed by atoms with Crippen LogP contribution in [0.25, 0.3) is 0 Å². The maximum atomic E-state index is 4.14. The zero-order valence-corrected chi connectivity index (χ0v) is 9.48. The maximum Gasteiger partial charge on any atom is 0.0303 e. The van der Waals surface area contributed by atoms with Crippen LogP contribution in [0.1, 0.15) is 16.7 Å². The van der Waals surface area contributed by atoms with E-state index in [2.05, 4.69) is 40.6 Å². The summed E-state index contributed by atoms with van der Waals surface area (Å²) in [7, 11) is 1.97. The molecule has 0 saturated heterocycles. The lowest BCUT2D eigenvalue weighted by Crippen LogP contribution is -2.07. The third kappa shape index (κ3) is 2.67. The SMILES string of the molecule is CNCc1ccccc1Cc1cccnc1. The van der Waals surface area contributed by atoms with Crippen LogP contribution in [0.2, 0.25) is 0 Å². The Bertz CT molecular complexity index is 437. The van der Waals surface area contributed by atoms with E-state index in [0.29, 0.717) is 0 Å². The highest BCUT2D eigenvalue weighted by molar-refractivity contribution is 5.31. The molecule has 1 aromatic heterocycles. The first-order chi connectivity index (χ1) is 7.90. The molecule has 2 nitrogen and oxygen atoms in total. The van der Waals surface area contributed by atoms with Gasteiger partial charge in [-0.1, -0.05) is 30.3 Å². The van der Waals surface area contributed by atoms with Crippen molar-refractivity contribution in [3.63, 3.8) is 0 Å². The zero-order chi connectivity index (χ0) is 11.2. The van der Waals surface area contributed by atoms with Crippen LogP contribution in [0.4, 0.5) is 0 Å². The van der Waals surface area contributed by atoms with Gasteiger partial charge < -0.3 is 5.32 Å².